The number of aromatic nitrogens is 3. The minimum Gasteiger partial charge on any atom is -0.381 e. The second kappa shape index (κ2) is 9.81. The molecule has 1 aliphatic carbocycles. The van der Waals surface area contributed by atoms with E-state index in [-0.39, 0.29) is 22.9 Å². The van der Waals surface area contributed by atoms with Gasteiger partial charge in [-0.15, -0.1) is 0 Å². The number of allylic oxidation sites excluding steroid dienone is 1. The Hall–Kier alpha value is -4.43. The van der Waals surface area contributed by atoms with Gasteiger partial charge in [0.2, 0.25) is 0 Å². The summed E-state index contributed by atoms with van der Waals surface area (Å²) >= 11 is 0. The maximum absolute atomic E-state index is 14.0. The topological polar surface area (TPSA) is 101 Å². The second-order valence-electron chi connectivity index (χ2n) is 13.3. The first-order valence-corrected chi connectivity index (χ1v) is 15.0. The van der Waals surface area contributed by atoms with Crippen molar-refractivity contribution in [2.24, 2.45) is 5.73 Å². The Bertz CT molecular complexity index is 1930. The van der Waals surface area contributed by atoms with Gasteiger partial charge in [0.05, 0.1) is 22.3 Å². The van der Waals surface area contributed by atoms with E-state index < -0.39 is 5.91 Å². The second-order valence-corrected chi connectivity index (χ2v) is 13.3. The standard InChI is InChI=1S/C35H37FN6O/c1-34(2)18-21(19-35(3,4)41-34)38-27-17-22(13-14-23(27)32(37)43)42-29-10-6-5-8-24(29)31-25(9-7-11-30(31)42)33-39-26-15-12-20(36)16-28(26)40-33/h5-11,13-14,16-17,21,38,41H,12,15,18-19H2,1-4H3,(H2,37,43)(H,39,40). The number of halogens is 1. The van der Waals surface area contributed by atoms with Gasteiger partial charge in [0.1, 0.15) is 11.7 Å². The summed E-state index contributed by atoms with van der Waals surface area (Å²) in [5, 5.41) is 9.58. The smallest absolute Gasteiger partial charge is 0.250 e. The average Bonchev–Trinajstić information content (AvgIpc) is 3.50. The van der Waals surface area contributed by atoms with Crippen LogP contribution in [0.1, 0.15) is 68.7 Å². The molecule has 5 N–H and O–H groups in total. The van der Waals surface area contributed by atoms with Gasteiger partial charge in [-0.05, 0) is 83.4 Å². The van der Waals surface area contributed by atoms with Gasteiger partial charge >= 0.3 is 0 Å². The van der Waals surface area contributed by atoms with Crippen LogP contribution in [0.25, 0.3) is 45.0 Å². The molecule has 1 fully saturated rings. The largest absolute Gasteiger partial charge is 0.381 e. The molecule has 3 heterocycles. The number of fused-ring (bicyclic) bond motifs is 4. The first-order valence-electron chi connectivity index (χ1n) is 15.0. The predicted molar refractivity (Wildman–Crippen MR) is 172 cm³/mol. The zero-order valence-electron chi connectivity index (χ0n) is 25.0. The van der Waals surface area contributed by atoms with Crippen LogP contribution < -0.4 is 16.4 Å². The van der Waals surface area contributed by atoms with Gasteiger partial charge in [-0.3, -0.25) is 4.79 Å². The molecule has 2 aromatic heterocycles. The lowest BCUT2D eigenvalue weighted by molar-refractivity contribution is 0.100. The molecule has 1 amide bonds. The number of carbonyl (C=O) groups is 1. The quantitative estimate of drug-likeness (QED) is 0.177. The number of primary amides is 1. The number of carbonyl (C=O) groups excluding carboxylic acids is 1. The normalized spacial score (nSPS) is 18.0. The molecule has 1 saturated heterocycles. The summed E-state index contributed by atoms with van der Waals surface area (Å²) in [4.78, 5) is 20.8. The van der Waals surface area contributed by atoms with E-state index in [4.69, 9.17) is 10.7 Å². The zero-order valence-corrected chi connectivity index (χ0v) is 25.0. The van der Waals surface area contributed by atoms with Gasteiger partial charge in [-0.2, -0.15) is 0 Å². The van der Waals surface area contributed by atoms with Gasteiger partial charge in [0.25, 0.3) is 5.91 Å². The molecule has 5 aromatic rings. The van der Waals surface area contributed by atoms with Gasteiger partial charge in [-0.1, -0.05) is 30.3 Å². The van der Waals surface area contributed by atoms with Gasteiger partial charge < -0.3 is 25.9 Å². The Morgan fingerprint density at radius 3 is 2.51 bits per heavy atom. The highest BCUT2D eigenvalue weighted by molar-refractivity contribution is 6.15. The van der Waals surface area contributed by atoms with Crippen molar-refractivity contribution >= 4 is 39.5 Å². The molecule has 43 heavy (non-hydrogen) atoms. The fraction of sp³-hybridized carbons (Fsp3) is 0.314. The fourth-order valence-corrected chi connectivity index (χ4v) is 7.47. The van der Waals surface area contributed by atoms with Gasteiger partial charge in [0.15, 0.2) is 0 Å². The van der Waals surface area contributed by atoms with Crippen LogP contribution in [0.4, 0.5) is 10.1 Å². The summed E-state index contributed by atoms with van der Waals surface area (Å²) in [5.41, 5.74) is 12.5. The van der Waals surface area contributed by atoms with E-state index in [0.717, 1.165) is 63.1 Å². The van der Waals surface area contributed by atoms with E-state index in [2.05, 4.69) is 72.1 Å². The first kappa shape index (κ1) is 27.4. The molecule has 0 saturated carbocycles. The summed E-state index contributed by atoms with van der Waals surface area (Å²) in [7, 11) is 0. The van der Waals surface area contributed by atoms with Crippen LogP contribution in [0, 0.1) is 0 Å². The van der Waals surface area contributed by atoms with E-state index in [9.17, 15) is 9.18 Å². The Labute approximate surface area is 250 Å². The monoisotopic (exact) mass is 576 g/mol. The van der Waals surface area contributed by atoms with Crippen LogP contribution in [0.2, 0.25) is 0 Å². The van der Waals surface area contributed by atoms with Crippen molar-refractivity contribution < 1.29 is 9.18 Å². The number of hydrogen-bond acceptors (Lipinski definition) is 4. The lowest BCUT2D eigenvalue weighted by Gasteiger charge is -2.47. The number of benzene rings is 3. The van der Waals surface area contributed by atoms with Crippen molar-refractivity contribution in [3.63, 3.8) is 0 Å². The Morgan fingerprint density at radius 2 is 1.74 bits per heavy atom. The van der Waals surface area contributed by atoms with E-state index >= 15 is 0 Å². The van der Waals surface area contributed by atoms with E-state index in [1.54, 1.807) is 0 Å². The van der Waals surface area contributed by atoms with Crippen molar-refractivity contribution in [1.82, 2.24) is 19.9 Å². The number of hydrogen-bond donors (Lipinski definition) is 4. The highest BCUT2D eigenvalue weighted by Crippen LogP contribution is 2.39. The van der Waals surface area contributed by atoms with Gasteiger partial charge in [-0.25, -0.2) is 9.37 Å². The van der Waals surface area contributed by atoms with E-state index in [1.165, 1.54) is 6.08 Å². The lowest BCUT2D eigenvalue weighted by Crippen LogP contribution is -2.60. The highest BCUT2D eigenvalue weighted by atomic mass is 19.1. The molecular formula is C35H37FN6O. The summed E-state index contributed by atoms with van der Waals surface area (Å²) < 4.78 is 16.3. The third-order valence-corrected chi connectivity index (χ3v) is 8.75. The molecule has 1 aliphatic heterocycles. The van der Waals surface area contributed by atoms with Crippen LogP contribution in [0.5, 0.6) is 0 Å². The number of para-hydroxylation sites is 1. The minimum atomic E-state index is -0.460. The number of nitrogens with one attached hydrogen (secondary N) is 3. The average molecular weight is 577 g/mol. The van der Waals surface area contributed by atoms with Crippen molar-refractivity contribution in [2.45, 2.75) is 70.5 Å². The number of anilines is 1. The van der Waals surface area contributed by atoms with Crippen molar-refractivity contribution in [1.29, 1.82) is 0 Å². The van der Waals surface area contributed by atoms with Gasteiger partial charge in [0, 0.05) is 56.9 Å². The maximum Gasteiger partial charge on any atom is 0.250 e. The molecule has 8 heteroatoms. The number of aryl methyl sites for hydroxylation is 1. The number of amides is 1. The zero-order chi connectivity index (χ0) is 30.1. The van der Waals surface area contributed by atoms with Crippen molar-refractivity contribution in [3.8, 4) is 17.1 Å². The molecule has 0 spiro atoms. The highest BCUT2D eigenvalue weighted by Gasteiger charge is 2.38. The Kier molecular flexibility index (Phi) is 6.25. The minimum absolute atomic E-state index is 0.0558. The lowest BCUT2D eigenvalue weighted by atomic mass is 9.79. The van der Waals surface area contributed by atoms with Crippen LogP contribution in [0.15, 0.2) is 66.5 Å². The Balaban J connectivity index is 1.38. The fourth-order valence-electron chi connectivity index (χ4n) is 7.47. The molecule has 220 valence electrons. The number of imidazole rings is 1. The molecular weight excluding hydrogens is 539 g/mol. The molecule has 7 rings (SSSR count). The van der Waals surface area contributed by atoms with Crippen LogP contribution in [-0.4, -0.2) is 37.6 Å². The molecule has 7 nitrogen and oxygen atoms in total. The molecule has 0 radical (unpaired) electrons. The Morgan fingerprint density at radius 1 is 1.00 bits per heavy atom. The van der Waals surface area contributed by atoms with Crippen molar-refractivity contribution in [2.75, 3.05) is 5.32 Å². The summed E-state index contributed by atoms with van der Waals surface area (Å²) in [6.07, 6.45) is 4.34. The predicted octanol–water partition coefficient (Wildman–Crippen LogP) is 7.25. The molecule has 0 bridgehead atoms. The summed E-state index contributed by atoms with van der Waals surface area (Å²) in [6, 6.07) is 20.5. The van der Waals surface area contributed by atoms with Crippen LogP contribution in [-0.2, 0) is 6.42 Å². The number of nitrogens with zero attached hydrogens (tertiary/aromatic N) is 2. The summed E-state index contributed by atoms with van der Waals surface area (Å²) in [6.45, 7) is 8.86. The number of rotatable bonds is 5. The first-order chi connectivity index (χ1) is 20.5. The summed E-state index contributed by atoms with van der Waals surface area (Å²) in [5.74, 6) is 0.131. The van der Waals surface area contributed by atoms with Crippen molar-refractivity contribution in [3.05, 3.63) is 83.4 Å². The molecule has 3 aromatic carbocycles. The molecule has 2 aliphatic rings. The third kappa shape index (κ3) is 4.89. The molecule has 0 atom stereocenters. The number of nitrogens with two attached hydrogens (primary N) is 1. The number of piperidine rings is 1. The van der Waals surface area contributed by atoms with Crippen LogP contribution >= 0.6 is 0 Å². The SMILES string of the molecule is CC1(C)CC(Nc2cc(-n3c4ccccc4c4c(-c5nc6c([nH]5)CCC(F)=C6)cccc43)ccc2C(N)=O)CC(C)(C)N1. The van der Waals surface area contributed by atoms with Crippen LogP contribution in [0.3, 0.4) is 0 Å². The van der Waals surface area contributed by atoms with E-state index in [0.29, 0.717) is 24.1 Å². The molecule has 0 unspecified atom stereocenters. The third-order valence-electron chi connectivity index (χ3n) is 8.75. The van der Waals surface area contributed by atoms with E-state index in [1.807, 2.05) is 36.4 Å². The number of aromatic amines is 1. The maximum atomic E-state index is 14.0. The number of H-pyrrole nitrogens is 1.